The Morgan fingerprint density at radius 3 is 2.18 bits per heavy atom. The minimum Gasteiger partial charge on any atom is -0.305 e. The lowest BCUT2D eigenvalue weighted by Crippen LogP contribution is -2.45. The molecule has 17 heavy (non-hydrogen) atoms. The lowest BCUT2D eigenvalue weighted by Gasteiger charge is -2.35. The van der Waals surface area contributed by atoms with Gasteiger partial charge >= 0.3 is 0 Å². The summed E-state index contributed by atoms with van der Waals surface area (Å²) in [7, 11) is 0. The van der Waals surface area contributed by atoms with Crippen LogP contribution in [0.3, 0.4) is 0 Å². The van der Waals surface area contributed by atoms with Crippen molar-refractivity contribution in [3.05, 3.63) is 35.9 Å². The maximum absolute atomic E-state index is 3.83. The Hall–Kier alpha value is -0.820. The third-order valence-electron chi connectivity index (χ3n) is 4.08. The summed E-state index contributed by atoms with van der Waals surface area (Å²) in [6, 6.07) is 11.5. The van der Waals surface area contributed by atoms with Crippen molar-refractivity contribution in [1.29, 1.82) is 0 Å². The van der Waals surface area contributed by atoms with Crippen molar-refractivity contribution in [3.63, 3.8) is 0 Å². The fraction of sp³-hybridized carbons (Fsp3) is 0.625. The number of nitrogens with one attached hydrogen (secondary N) is 1. The van der Waals surface area contributed by atoms with Gasteiger partial charge in [-0.2, -0.15) is 0 Å². The highest BCUT2D eigenvalue weighted by Crippen LogP contribution is 2.27. The first kappa shape index (κ1) is 12.6. The van der Waals surface area contributed by atoms with E-state index in [1.54, 1.807) is 0 Å². The van der Waals surface area contributed by atoms with Crippen LogP contribution in [-0.4, -0.2) is 6.04 Å². The molecule has 0 atom stereocenters. The monoisotopic (exact) mass is 231 g/mol. The van der Waals surface area contributed by atoms with E-state index in [-0.39, 0.29) is 5.54 Å². The lowest BCUT2D eigenvalue weighted by molar-refractivity contribution is 0.250. The quantitative estimate of drug-likeness (QED) is 0.826. The Balaban J connectivity index is 1.98. The van der Waals surface area contributed by atoms with E-state index in [0.717, 1.165) is 5.92 Å². The maximum atomic E-state index is 3.83. The molecule has 1 nitrogen and oxygen atoms in total. The molecule has 1 aliphatic carbocycles. The minimum atomic E-state index is 0.0898. The van der Waals surface area contributed by atoms with Crippen molar-refractivity contribution in [1.82, 2.24) is 5.32 Å². The molecule has 0 spiro atoms. The number of hydrogen-bond donors (Lipinski definition) is 1. The normalized spacial score (nSPS) is 25.8. The van der Waals surface area contributed by atoms with Crippen molar-refractivity contribution in [3.8, 4) is 0 Å². The molecule has 0 radical (unpaired) electrons. The van der Waals surface area contributed by atoms with Crippen molar-refractivity contribution in [2.75, 3.05) is 0 Å². The first-order valence-corrected chi connectivity index (χ1v) is 6.91. The van der Waals surface area contributed by atoms with Gasteiger partial charge < -0.3 is 5.32 Å². The summed E-state index contributed by atoms with van der Waals surface area (Å²) >= 11 is 0. The third kappa shape index (κ3) is 3.32. The zero-order valence-corrected chi connectivity index (χ0v) is 11.4. The molecule has 0 unspecified atom stereocenters. The molecule has 1 heteroatoms. The fourth-order valence-corrected chi connectivity index (χ4v) is 2.85. The van der Waals surface area contributed by atoms with Crippen LogP contribution < -0.4 is 5.32 Å². The van der Waals surface area contributed by atoms with Crippen molar-refractivity contribution >= 4 is 0 Å². The summed E-state index contributed by atoms with van der Waals surface area (Å²) in [4.78, 5) is 0. The summed E-state index contributed by atoms with van der Waals surface area (Å²) < 4.78 is 0. The Bertz CT molecular complexity index is 334. The zero-order valence-electron chi connectivity index (χ0n) is 11.4. The van der Waals surface area contributed by atoms with E-state index in [1.165, 1.54) is 31.2 Å². The van der Waals surface area contributed by atoms with E-state index in [0.29, 0.717) is 6.04 Å². The Labute approximate surface area is 106 Å². The van der Waals surface area contributed by atoms with E-state index < -0.39 is 0 Å². The molecular formula is C16H25N. The van der Waals surface area contributed by atoms with Gasteiger partial charge in [-0.15, -0.1) is 0 Å². The summed E-state index contributed by atoms with van der Waals surface area (Å²) in [6.45, 7) is 6.96. The molecular weight excluding hydrogens is 206 g/mol. The Morgan fingerprint density at radius 2 is 1.59 bits per heavy atom. The topological polar surface area (TPSA) is 12.0 Å². The highest BCUT2D eigenvalue weighted by atomic mass is 15.0. The van der Waals surface area contributed by atoms with Gasteiger partial charge in [-0.25, -0.2) is 0 Å². The largest absolute Gasteiger partial charge is 0.305 e. The number of benzene rings is 1. The summed E-state index contributed by atoms with van der Waals surface area (Å²) in [5, 5.41) is 3.83. The Morgan fingerprint density at radius 1 is 1.00 bits per heavy atom. The Kier molecular flexibility index (Phi) is 3.88. The van der Waals surface area contributed by atoms with Crippen LogP contribution in [0.4, 0.5) is 0 Å². The molecule has 94 valence electrons. The van der Waals surface area contributed by atoms with Crippen molar-refractivity contribution in [2.24, 2.45) is 5.92 Å². The van der Waals surface area contributed by atoms with Crippen molar-refractivity contribution < 1.29 is 0 Å². The maximum Gasteiger partial charge on any atom is 0.0379 e. The van der Waals surface area contributed by atoms with E-state index in [4.69, 9.17) is 0 Å². The molecule has 0 aliphatic heterocycles. The van der Waals surface area contributed by atoms with E-state index in [1.807, 2.05) is 0 Å². The van der Waals surface area contributed by atoms with E-state index >= 15 is 0 Å². The summed E-state index contributed by atoms with van der Waals surface area (Å²) in [5.74, 6) is 0.924. The predicted molar refractivity (Wildman–Crippen MR) is 74.0 cm³/mol. The smallest absolute Gasteiger partial charge is 0.0379 e. The molecule has 1 fully saturated rings. The average Bonchev–Trinajstić information content (AvgIpc) is 2.33. The van der Waals surface area contributed by atoms with Crippen molar-refractivity contribution in [2.45, 2.75) is 58.0 Å². The molecule has 1 saturated carbocycles. The van der Waals surface area contributed by atoms with Gasteiger partial charge in [-0.05, 0) is 51.0 Å². The highest BCUT2D eigenvalue weighted by molar-refractivity contribution is 5.22. The van der Waals surface area contributed by atoms with Crippen LogP contribution >= 0.6 is 0 Å². The standard InChI is InChI=1S/C16H25N/c1-13-9-11-15(12-10-13)17-16(2,3)14-7-5-4-6-8-14/h4-8,13,15,17H,9-12H2,1-3H3. The molecule has 2 rings (SSSR count). The fourth-order valence-electron chi connectivity index (χ4n) is 2.85. The van der Waals surface area contributed by atoms with Gasteiger partial charge in [0.05, 0.1) is 0 Å². The first-order chi connectivity index (χ1) is 8.08. The van der Waals surface area contributed by atoms with E-state index in [9.17, 15) is 0 Å². The van der Waals surface area contributed by atoms with Crippen LogP contribution in [0.2, 0.25) is 0 Å². The number of hydrogen-bond acceptors (Lipinski definition) is 1. The second-order valence-corrected chi connectivity index (χ2v) is 6.09. The molecule has 0 amide bonds. The van der Waals surface area contributed by atoms with Gasteiger partial charge in [0.25, 0.3) is 0 Å². The molecule has 0 aromatic heterocycles. The molecule has 1 aromatic rings. The second-order valence-electron chi connectivity index (χ2n) is 6.09. The van der Waals surface area contributed by atoms with Gasteiger partial charge in [-0.3, -0.25) is 0 Å². The highest BCUT2D eigenvalue weighted by Gasteiger charge is 2.26. The van der Waals surface area contributed by atoms with Crippen LogP contribution in [0.15, 0.2) is 30.3 Å². The van der Waals surface area contributed by atoms with Crippen LogP contribution in [0.25, 0.3) is 0 Å². The molecule has 0 saturated heterocycles. The predicted octanol–water partition coefficient (Wildman–Crippen LogP) is 4.09. The minimum absolute atomic E-state index is 0.0898. The average molecular weight is 231 g/mol. The van der Waals surface area contributed by atoms with Gasteiger partial charge in [0.15, 0.2) is 0 Å². The lowest BCUT2D eigenvalue weighted by atomic mass is 9.85. The van der Waals surface area contributed by atoms with Gasteiger partial charge in [0.2, 0.25) is 0 Å². The summed E-state index contributed by atoms with van der Waals surface area (Å²) in [5.41, 5.74) is 1.48. The number of rotatable bonds is 3. The van der Waals surface area contributed by atoms with Gasteiger partial charge in [-0.1, -0.05) is 37.3 Å². The van der Waals surface area contributed by atoms with Gasteiger partial charge in [0, 0.05) is 11.6 Å². The molecule has 1 aromatic carbocycles. The second kappa shape index (κ2) is 5.22. The summed E-state index contributed by atoms with van der Waals surface area (Å²) in [6.07, 6.45) is 5.42. The van der Waals surface area contributed by atoms with E-state index in [2.05, 4.69) is 56.4 Å². The molecule has 0 heterocycles. The zero-order chi connectivity index (χ0) is 12.3. The first-order valence-electron chi connectivity index (χ1n) is 6.91. The van der Waals surface area contributed by atoms with Crippen LogP contribution in [0, 0.1) is 5.92 Å². The third-order valence-corrected chi connectivity index (χ3v) is 4.08. The van der Waals surface area contributed by atoms with Crippen LogP contribution in [0.5, 0.6) is 0 Å². The van der Waals surface area contributed by atoms with Crippen LogP contribution in [0.1, 0.15) is 52.0 Å². The molecule has 1 N–H and O–H groups in total. The molecule has 0 bridgehead atoms. The SMILES string of the molecule is CC1CCC(NC(C)(C)c2ccccc2)CC1. The molecule has 1 aliphatic rings. The van der Waals surface area contributed by atoms with Gasteiger partial charge in [0.1, 0.15) is 0 Å². The van der Waals surface area contributed by atoms with Crippen LogP contribution in [-0.2, 0) is 5.54 Å².